The van der Waals surface area contributed by atoms with Crippen LogP contribution in [0.3, 0.4) is 0 Å². The summed E-state index contributed by atoms with van der Waals surface area (Å²) in [5.74, 6) is -0.0961. The number of aromatic nitrogens is 2. The maximum absolute atomic E-state index is 12.1. The van der Waals surface area contributed by atoms with Crippen LogP contribution in [0.1, 0.15) is 33.6 Å². The van der Waals surface area contributed by atoms with Crippen molar-refractivity contribution < 1.29 is 14.3 Å². The Hall–Kier alpha value is -2.87. The van der Waals surface area contributed by atoms with Gasteiger partial charge in [0.25, 0.3) is 0 Å². The number of ether oxygens (including phenoxy) is 1. The van der Waals surface area contributed by atoms with Crippen molar-refractivity contribution in [2.45, 2.75) is 39.2 Å². The largest absolute Gasteiger partial charge is 0.444 e. The maximum Gasteiger partial charge on any atom is 0.407 e. The molecule has 8 heteroatoms. The predicted octanol–water partition coefficient (Wildman–Crippen LogP) is 4.31. The number of hydrogen-bond acceptors (Lipinski definition) is 5. The molecule has 0 aliphatic heterocycles. The zero-order valence-electron chi connectivity index (χ0n) is 16.2. The van der Waals surface area contributed by atoms with E-state index < -0.39 is 11.7 Å². The Morgan fingerprint density at radius 3 is 2.64 bits per heavy atom. The first-order chi connectivity index (χ1) is 13.3. The van der Waals surface area contributed by atoms with E-state index >= 15 is 0 Å². The Bertz CT molecular complexity index is 925. The van der Waals surface area contributed by atoms with Gasteiger partial charge in [0.1, 0.15) is 5.60 Å². The molecule has 0 radical (unpaired) electrons. The number of fused-ring (bicyclic) bond motifs is 1. The fourth-order valence-corrected chi connectivity index (χ4v) is 3.27. The van der Waals surface area contributed by atoms with Crippen LogP contribution in [0, 0.1) is 0 Å². The molecule has 1 aromatic carbocycles. The van der Waals surface area contributed by atoms with Crippen molar-refractivity contribution in [2.75, 3.05) is 11.9 Å². The third kappa shape index (κ3) is 5.56. The van der Waals surface area contributed by atoms with Gasteiger partial charge in [-0.15, -0.1) is 11.3 Å². The number of rotatable bonds is 6. The highest BCUT2D eigenvalue weighted by molar-refractivity contribution is 7.15. The second-order valence-corrected chi connectivity index (χ2v) is 8.25. The Kier molecular flexibility index (Phi) is 5.99. The van der Waals surface area contributed by atoms with Gasteiger partial charge >= 0.3 is 6.09 Å². The number of nitrogens with one attached hydrogen (secondary N) is 2. The summed E-state index contributed by atoms with van der Waals surface area (Å²) in [6.45, 7) is 5.81. The Morgan fingerprint density at radius 2 is 1.96 bits per heavy atom. The molecular weight excluding hydrogens is 376 g/mol. The third-order valence-electron chi connectivity index (χ3n) is 3.81. The van der Waals surface area contributed by atoms with Crippen LogP contribution in [-0.2, 0) is 9.53 Å². The Labute approximate surface area is 167 Å². The number of imidazole rings is 1. The minimum absolute atomic E-state index is 0.0961. The van der Waals surface area contributed by atoms with E-state index in [4.69, 9.17) is 4.74 Å². The standard InChI is InChI=1S/C20H24N4O3S/c1-20(2,3)27-19(26)21-10-4-5-17(25)22-15-8-6-14(7-9-15)16-13-24-11-12-28-18(24)23-16/h6-9,11-13H,4-5,10H2,1-3H3,(H,21,26)(H,22,25). The summed E-state index contributed by atoms with van der Waals surface area (Å²) in [6.07, 6.45) is 4.34. The minimum Gasteiger partial charge on any atom is -0.444 e. The molecule has 2 aromatic heterocycles. The van der Waals surface area contributed by atoms with Crippen LogP contribution in [0.15, 0.2) is 42.0 Å². The molecule has 0 spiro atoms. The van der Waals surface area contributed by atoms with Gasteiger partial charge < -0.3 is 15.4 Å². The first-order valence-corrected chi connectivity index (χ1v) is 9.97. The highest BCUT2D eigenvalue weighted by Crippen LogP contribution is 2.23. The number of benzene rings is 1. The molecule has 7 nitrogen and oxygen atoms in total. The van der Waals surface area contributed by atoms with Crippen molar-refractivity contribution in [2.24, 2.45) is 0 Å². The van der Waals surface area contributed by atoms with Gasteiger partial charge in [0.05, 0.1) is 5.69 Å². The van der Waals surface area contributed by atoms with E-state index in [-0.39, 0.29) is 5.91 Å². The molecule has 28 heavy (non-hydrogen) atoms. The fraction of sp³-hybridized carbons (Fsp3) is 0.350. The van der Waals surface area contributed by atoms with Gasteiger partial charge in [0, 0.05) is 42.0 Å². The third-order valence-corrected chi connectivity index (χ3v) is 4.58. The van der Waals surface area contributed by atoms with Crippen LogP contribution in [0.4, 0.5) is 10.5 Å². The molecule has 0 aliphatic carbocycles. The van der Waals surface area contributed by atoms with Gasteiger partial charge in [-0.2, -0.15) is 0 Å². The SMILES string of the molecule is CC(C)(C)OC(=O)NCCCC(=O)Nc1ccc(-c2cn3ccsc3n2)cc1. The molecule has 0 atom stereocenters. The zero-order valence-corrected chi connectivity index (χ0v) is 17.0. The molecule has 2 amide bonds. The molecule has 3 aromatic rings. The number of alkyl carbamates (subject to hydrolysis) is 1. The second-order valence-electron chi connectivity index (χ2n) is 7.38. The van der Waals surface area contributed by atoms with Crippen molar-refractivity contribution in [3.05, 3.63) is 42.0 Å². The van der Waals surface area contributed by atoms with Gasteiger partial charge in [-0.25, -0.2) is 9.78 Å². The summed E-state index contributed by atoms with van der Waals surface area (Å²) in [4.78, 5) is 29.1. The lowest BCUT2D eigenvalue weighted by Gasteiger charge is -2.19. The quantitative estimate of drug-likeness (QED) is 0.604. The zero-order chi connectivity index (χ0) is 20.1. The topological polar surface area (TPSA) is 84.7 Å². The highest BCUT2D eigenvalue weighted by atomic mass is 32.1. The van der Waals surface area contributed by atoms with Gasteiger partial charge in [-0.05, 0) is 39.3 Å². The molecule has 2 heterocycles. The number of carbonyl (C=O) groups is 2. The van der Waals surface area contributed by atoms with E-state index in [1.807, 2.05) is 46.4 Å². The molecule has 3 rings (SSSR count). The minimum atomic E-state index is -0.528. The highest BCUT2D eigenvalue weighted by Gasteiger charge is 2.15. The van der Waals surface area contributed by atoms with Crippen molar-refractivity contribution in [1.29, 1.82) is 0 Å². The predicted molar refractivity (Wildman–Crippen MR) is 111 cm³/mol. The Balaban J connectivity index is 1.43. The fourth-order valence-electron chi connectivity index (χ4n) is 2.57. The average Bonchev–Trinajstić information content (AvgIpc) is 3.20. The summed E-state index contributed by atoms with van der Waals surface area (Å²) in [6, 6.07) is 7.59. The molecular formula is C20H24N4O3S. The van der Waals surface area contributed by atoms with E-state index in [1.54, 1.807) is 32.1 Å². The normalized spacial score (nSPS) is 11.4. The number of hydrogen-bond donors (Lipinski definition) is 2. The van der Waals surface area contributed by atoms with Crippen molar-refractivity contribution >= 4 is 34.0 Å². The molecule has 0 fully saturated rings. The van der Waals surface area contributed by atoms with Crippen molar-refractivity contribution in [3.8, 4) is 11.3 Å². The summed E-state index contributed by atoms with van der Waals surface area (Å²) < 4.78 is 7.13. The van der Waals surface area contributed by atoms with E-state index in [1.165, 1.54) is 0 Å². The van der Waals surface area contributed by atoms with Gasteiger partial charge in [-0.1, -0.05) is 12.1 Å². The van der Waals surface area contributed by atoms with E-state index in [2.05, 4.69) is 15.6 Å². The average molecular weight is 401 g/mol. The number of carbonyl (C=O) groups excluding carboxylic acids is 2. The van der Waals surface area contributed by atoms with Crippen LogP contribution < -0.4 is 10.6 Å². The van der Waals surface area contributed by atoms with Crippen LogP contribution in [0.2, 0.25) is 0 Å². The van der Waals surface area contributed by atoms with E-state index in [0.29, 0.717) is 19.4 Å². The Morgan fingerprint density at radius 1 is 1.21 bits per heavy atom. The lowest BCUT2D eigenvalue weighted by atomic mass is 10.1. The van der Waals surface area contributed by atoms with Crippen LogP contribution >= 0.6 is 11.3 Å². The van der Waals surface area contributed by atoms with Crippen molar-refractivity contribution in [1.82, 2.24) is 14.7 Å². The van der Waals surface area contributed by atoms with Crippen molar-refractivity contribution in [3.63, 3.8) is 0 Å². The molecule has 0 saturated heterocycles. The van der Waals surface area contributed by atoms with Crippen LogP contribution in [-0.4, -0.2) is 33.5 Å². The maximum atomic E-state index is 12.1. The summed E-state index contributed by atoms with van der Waals surface area (Å²) in [5, 5.41) is 7.50. The molecule has 2 N–H and O–H groups in total. The number of amides is 2. The summed E-state index contributed by atoms with van der Waals surface area (Å²) in [7, 11) is 0. The molecule has 0 unspecified atom stereocenters. The molecule has 0 bridgehead atoms. The van der Waals surface area contributed by atoms with Gasteiger partial charge in [0.2, 0.25) is 5.91 Å². The first-order valence-electron chi connectivity index (χ1n) is 9.09. The number of anilines is 1. The second kappa shape index (κ2) is 8.43. The lowest BCUT2D eigenvalue weighted by molar-refractivity contribution is -0.116. The summed E-state index contributed by atoms with van der Waals surface area (Å²) >= 11 is 1.59. The monoisotopic (exact) mass is 400 g/mol. The molecule has 148 valence electrons. The number of thiazole rings is 1. The smallest absolute Gasteiger partial charge is 0.407 e. The van der Waals surface area contributed by atoms with Gasteiger partial charge in [-0.3, -0.25) is 9.20 Å². The van der Waals surface area contributed by atoms with E-state index in [9.17, 15) is 9.59 Å². The van der Waals surface area contributed by atoms with E-state index in [0.717, 1.165) is 21.9 Å². The lowest BCUT2D eigenvalue weighted by Crippen LogP contribution is -2.33. The molecule has 0 saturated carbocycles. The van der Waals surface area contributed by atoms with Gasteiger partial charge in [0.15, 0.2) is 4.96 Å². The molecule has 0 aliphatic rings. The number of nitrogens with zero attached hydrogens (tertiary/aromatic N) is 2. The summed E-state index contributed by atoms with van der Waals surface area (Å²) in [5.41, 5.74) is 2.10. The van der Waals surface area contributed by atoms with Crippen LogP contribution in [0.5, 0.6) is 0 Å². The van der Waals surface area contributed by atoms with Crippen LogP contribution in [0.25, 0.3) is 16.2 Å². The first kappa shape index (κ1) is 19.9.